The van der Waals surface area contributed by atoms with Crippen molar-refractivity contribution in [3.8, 4) is 166 Å². The fourth-order valence-corrected chi connectivity index (χ4v) is 16.0. The van der Waals surface area contributed by atoms with Crippen molar-refractivity contribution in [2.75, 3.05) is 0 Å². The van der Waals surface area contributed by atoms with Crippen LogP contribution in [0.1, 0.15) is 102 Å². The molecule has 30 nitrogen and oxygen atoms in total. The number of rotatable bonds is 22. The third-order valence-electron chi connectivity index (χ3n) is 23.7. The fourth-order valence-electron chi connectivity index (χ4n) is 16.0. The van der Waals surface area contributed by atoms with Gasteiger partial charge in [0, 0.05) is 165 Å². The number of hydrogen-bond donors (Lipinski definition) is 0. The predicted molar refractivity (Wildman–Crippen MR) is 558 cm³/mol. The smallest absolute Gasteiger partial charge is 0.258 e. The van der Waals surface area contributed by atoms with Gasteiger partial charge in [-0.2, -0.15) is 40.1 Å². The van der Waals surface area contributed by atoms with E-state index in [2.05, 4.69) is 207 Å². The molecule has 1 aliphatic carbocycles. The minimum Gasteiger partial charge on any atom is -0.457 e. The summed E-state index contributed by atoms with van der Waals surface area (Å²) in [4.78, 5) is 58.9. The molecule has 0 radical (unpaired) electrons. The van der Waals surface area contributed by atoms with Crippen LogP contribution in [0.5, 0.6) is 11.5 Å². The largest absolute Gasteiger partial charge is 0.457 e. The van der Waals surface area contributed by atoms with E-state index in [1.165, 1.54) is 67.2 Å². The average molecular weight is 1960 g/mol. The summed E-state index contributed by atoms with van der Waals surface area (Å²) in [6.45, 7) is 11.2. The first-order chi connectivity index (χ1) is 72.8. The normalized spacial score (nSPS) is 12.4. The minimum absolute atomic E-state index is 0.160. The first-order valence-electron chi connectivity index (χ1n) is 48.2. The lowest BCUT2D eigenvalue weighted by molar-refractivity contribution is 0.267. The Morgan fingerprint density at radius 2 is 0.682 bits per heavy atom. The summed E-state index contributed by atoms with van der Waals surface area (Å²) in [5.41, 5.74) is 13.9. The van der Waals surface area contributed by atoms with Crippen molar-refractivity contribution in [2.24, 2.45) is 17.8 Å². The van der Waals surface area contributed by atoms with Crippen LogP contribution in [0.15, 0.2) is 410 Å². The second-order valence-corrected chi connectivity index (χ2v) is 35.1. The maximum absolute atomic E-state index is 13.4. The van der Waals surface area contributed by atoms with Gasteiger partial charge in [-0.15, -0.1) is 0 Å². The molecule has 14 aromatic heterocycles. The van der Waals surface area contributed by atoms with Crippen LogP contribution in [0, 0.1) is 34.9 Å². The Labute approximate surface area is 850 Å². The molecule has 0 N–H and O–H groups in total. The molecule has 1 fully saturated rings. The molecule has 0 saturated heterocycles. The quantitative estimate of drug-likeness (QED) is 0.0608. The van der Waals surface area contributed by atoms with Crippen molar-refractivity contribution in [2.45, 2.75) is 91.9 Å². The Bertz CT molecular complexity index is 8160. The number of fused-ring (bicyclic) bond motifs is 2. The summed E-state index contributed by atoms with van der Waals surface area (Å²) in [6.07, 6.45) is 33.3. The zero-order valence-electron chi connectivity index (χ0n) is 81.2. The maximum Gasteiger partial charge on any atom is 0.258 e. The van der Waals surface area contributed by atoms with Crippen molar-refractivity contribution >= 4 is 21.5 Å². The summed E-state index contributed by atoms with van der Waals surface area (Å²) < 4.78 is 56.7. The number of para-hydroxylation sites is 1. The standard InChI is InChI=1S/C19H13N3O2.C18H19N3O.2C17H11N3O.C17H17N3O.C15H19N3O.C14H7FN4O/c1-2-6-16(7-3-1)23-17-8-4-5-15(13-17)19-21-18(22-24-19)14-9-11-20-12-10-14;1-13(2)6-7-14-4-3-5-16(12-14)18-20-17(21-22-18)15-8-10-19-11-9-15;1-2-6-14-12(4-1)5-3-7-15(14)17-19-16(20-21-17)13-8-10-18-11-9-13;1-2-4-14-11-15(6-5-12(14)3-1)17-19-16(20-21-17)13-7-9-18-10-8-13;1-12(2)10-13-4-3-5-15(11-13)17-19-16(20-21-17)14-6-8-18-9-7-14;1-2-11-3-5-13(6-4-11)15-17-14(18-19-15)12-7-9-16-10-8-12;15-12-6-9(8-16)5-11(7-12)14-18-13(19-20-14)10-1-3-17-4-2-10/h1-13H;3-5,8-13H,6-7H2,1-2H3;2*1-11H;3-9,11-12H,10H2,1-2H3;7-11,13H,2-6H2,1H3;1-7H. The first-order valence-corrected chi connectivity index (χ1v) is 48.2. The van der Waals surface area contributed by atoms with E-state index in [1.807, 2.05) is 200 Å². The molecular formula is C117H97FN22O8. The van der Waals surface area contributed by atoms with Crippen LogP contribution in [0.4, 0.5) is 4.39 Å². The van der Waals surface area contributed by atoms with Crippen molar-refractivity contribution in [1.29, 1.82) is 5.26 Å². The van der Waals surface area contributed by atoms with Gasteiger partial charge in [0.05, 0.1) is 11.6 Å². The highest BCUT2D eigenvalue weighted by Crippen LogP contribution is 2.39. The van der Waals surface area contributed by atoms with E-state index in [1.54, 1.807) is 98.9 Å². The predicted octanol–water partition coefficient (Wildman–Crippen LogP) is 27.5. The number of aryl methyl sites for hydroxylation is 1. The van der Waals surface area contributed by atoms with E-state index in [0.29, 0.717) is 99.3 Å². The second kappa shape index (κ2) is 49.4. The second-order valence-electron chi connectivity index (χ2n) is 35.1. The molecule has 31 heteroatoms. The topological polar surface area (TPSA) is 396 Å². The number of halogens is 1. The van der Waals surface area contributed by atoms with Crippen molar-refractivity contribution in [3.63, 3.8) is 0 Å². The molecule has 23 aromatic rings. The molecule has 730 valence electrons. The molecule has 0 unspecified atom stereocenters. The lowest BCUT2D eigenvalue weighted by Gasteiger charge is -2.25. The Balaban J connectivity index is 0.000000113. The molecule has 148 heavy (non-hydrogen) atoms. The maximum atomic E-state index is 13.4. The summed E-state index contributed by atoms with van der Waals surface area (Å²) >= 11 is 0. The van der Waals surface area contributed by atoms with Crippen molar-refractivity contribution < 1.29 is 40.8 Å². The van der Waals surface area contributed by atoms with E-state index < -0.39 is 5.82 Å². The van der Waals surface area contributed by atoms with Gasteiger partial charge >= 0.3 is 0 Å². The highest BCUT2D eigenvalue weighted by molar-refractivity contribution is 5.95. The van der Waals surface area contributed by atoms with Crippen LogP contribution in [0.3, 0.4) is 0 Å². The van der Waals surface area contributed by atoms with Gasteiger partial charge in [-0.1, -0.05) is 192 Å². The first kappa shape index (κ1) is 98.9. The Morgan fingerprint density at radius 3 is 1.14 bits per heavy atom. The molecular weight excluding hydrogens is 1860 g/mol. The van der Waals surface area contributed by atoms with E-state index in [0.717, 1.165) is 119 Å². The van der Waals surface area contributed by atoms with Gasteiger partial charge in [-0.05, 0) is 271 Å². The monoisotopic (exact) mass is 1960 g/mol. The lowest BCUT2D eigenvalue weighted by atomic mass is 9.81. The van der Waals surface area contributed by atoms with Gasteiger partial charge in [0.25, 0.3) is 35.3 Å². The van der Waals surface area contributed by atoms with E-state index in [4.69, 9.17) is 41.7 Å². The van der Waals surface area contributed by atoms with Crippen molar-refractivity contribution in [3.05, 3.63) is 406 Å². The summed E-state index contributed by atoms with van der Waals surface area (Å²) in [5.74, 6) is 11.1. The molecule has 1 aliphatic rings. The van der Waals surface area contributed by atoms with Gasteiger partial charge in [-0.25, -0.2) is 4.39 Å². The van der Waals surface area contributed by atoms with E-state index in [9.17, 15) is 4.39 Å². The van der Waals surface area contributed by atoms with Crippen molar-refractivity contribution in [1.82, 2.24) is 106 Å². The molecule has 9 aromatic carbocycles. The number of nitriles is 1. The van der Waals surface area contributed by atoms with Crippen LogP contribution in [0.2, 0.25) is 0 Å². The van der Waals surface area contributed by atoms with Crippen LogP contribution in [-0.2, 0) is 12.8 Å². The van der Waals surface area contributed by atoms with Crippen LogP contribution >= 0.6 is 0 Å². The summed E-state index contributed by atoms with van der Waals surface area (Å²) in [6, 6.07) is 93.9. The minimum atomic E-state index is -0.525. The number of pyridine rings is 7. The number of hydrogen-bond acceptors (Lipinski definition) is 30. The highest BCUT2D eigenvalue weighted by Gasteiger charge is 2.27. The number of benzene rings is 9. The molecule has 0 bridgehead atoms. The fraction of sp³-hybridized carbons (Fsp3) is 0.145. The Kier molecular flexibility index (Phi) is 33.0. The number of nitrogens with zero attached hydrogens (tertiary/aromatic N) is 22. The molecule has 14 heterocycles. The van der Waals surface area contributed by atoms with Gasteiger partial charge in [0.2, 0.25) is 46.7 Å². The summed E-state index contributed by atoms with van der Waals surface area (Å²) in [7, 11) is 0. The lowest BCUT2D eigenvalue weighted by Crippen LogP contribution is -2.12. The van der Waals surface area contributed by atoms with Crippen LogP contribution in [-0.4, -0.2) is 106 Å². The molecule has 24 rings (SSSR count). The zero-order chi connectivity index (χ0) is 101. The Hall–Kier alpha value is -19.2. The van der Waals surface area contributed by atoms with Crippen LogP contribution in [0.25, 0.3) is 170 Å². The molecule has 0 atom stereocenters. The molecule has 0 amide bonds. The number of aromatic nitrogens is 21. The van der Waals surface area contributed by atoms with E-state index in [-0.39, 0.29) is 11.5 Å². The van der Waals surface area contributed by atoms with Gasteiger partial charge in [-0.3, -0.25) is 34.9 Å². The average Bonchev–Trinajstić information content (AvgIpc) is 1.54. The summed E-state index contributed by atoms with van der Waals surface area (Å²) in [5, 5.41) is 41.5. The van der Waals surface area contributed by atoms with E-state index >= 15 is 0 Å². The SMILES string of the molecule is CC(C)CCc1cccc(-c2nc(-c3ccncc3)no2)c1.CC(C)Cc1cccc(-c2nc(-c3ccncc3)no2)c1.CCC1CCC(c2nc(-c3ccncc3)no2)CC1.N#Cc1cc(F)cc(-c2nc(-c3ccncc3)no2)c1.c1ccc(Oc2cccc(-c3nc(-c4ccncc4)no3)c2)cc1.c1ccc2c(-c3nc(-c4ccncc4)no3)cccc2c1.c1ccc2cc(-c3nc(-c4ccncc4)no3)ccc2c1. The van der Waals surface area contributed by atoms with Gasteiger partial charge < -0.3 is 36.4 Å². The number of ether oxygens (including phenoxy) is 1. The molecule has 0 spiro atoms. The Morgan fingerprint density at radius 1 is 0.311 bits per heavy atom. The molecule has 0 aliphatic heterocycles. The van der Waals surface area contributed by atoms with Gasteiger partial charge in [0.15, 0.2) is 0 Å². The molecule has 1 saturated carbocycles. The highest BCUT2D eigenvalue weighted by atomic mass is 19.1. The van der Waals surface area contributed by atoms with Crippen LogP contribution < -0.4 is 4.74 Å². The third-order valence-corrected chi connectivity index (χ3v) is 23.7. The van der Waals surface area contributed by atoms with Gasteiger partial charge in [0.1, 0.15) is 17.3 Å². The zero-order valence-corrected chi connectivity index (χ0v) is 81.2. The third kappa shape index (κ3) is 26.7.